The molecular formula is C19H20N2O5. The number of carbonyl (C=O) groups is 3. The summed E-state index contributed by atoms with van der Waals surface area (Å²) in [4.78, 5) is 40.3. The zero-order chi connectivity index (χ0) is 18.5. The number of amides is 2. The van der Waals surface area contributed by atoms with Crippen LogP contribution >= 0.6 is 0 Å². The Morgan fingerprint density at radius 1 is 1.12 bits per heavy atom. The van der Waals surface area contributed by atoms with Gasteiger partial charge in [-0.3, -0.25) is 15.1 Å². The van der Waals surface area contributed by atoms with E-state index in [9.17, 15) is 14.4 Å². The zero-order valence-electron chi connectivity index (χ0n) is 14.5. The van der Waals surface area contributed by atoms with Crippen molar-refractivity contribution in [2.24, 2.45) is 0 Å². The van der Waals surface area contributed by atoms with Gasteiger partial charge < -0.3 is 9.47 Å². The standard InChI is InChI=1S/C19H20N2O5/c1-2-25-19(24)21-16(22)11-26-18(23)17-12-7-3-5-9-14(12)20-15-10-6-4-8-13(15)17/h3,5,7,9H,2,4,6,8,10-11H2,1H3,(H,21,22,24). The van der Waals surface area contributed by atoms with Crippen LogP contribution in [0, 0.1) is 0 Å². The number of para-hydroxylation sites is 1. The summed E-state index contributed by atoms with van der Waals surface area (Å²) in [5, 5.41) is 2.71. The highest BCUT2D eigenvalue weighted by Crippen LogP contribution is 2.29. The van der Waals surface area contributed by atoms with Gasteiger partial charge in [0.15, 0.2) is 6.61 Å². The number of nitrogens with one attached hydrogen (secondary N) is 1. The summed E-state index contributed by atoms with van der Waals surface area (Å²) in [6.07, 6.45) is 2.74. The number of esters is 1. The lowest BCUT2D eigenvalue weighted by molar-refractivity contribution is -0.123. The van der Waals surface area contributed by atoms with Gasteiger partial charge in [-0.05, 0) is 44.2 Å². The van der Waals surface area contributed by atoms with E-state index in [2.05, 4.69) is 9.72 Å². The van der Waals surface area contributed by atoms with Crippen molar-refractivity contribution < 1.29 is 23.9 Å². The number of alkyl carbamates (subject to hydrolysis) is 1. The summed E-state index contributed by atoms with van der Waals surface area (Å²) >= 11 is 0. The van der Waals surface area contributed by atoms with Crippen LogP contribution in [0.25, 0.3) is 10.9 Å². The number of hydrogen-bond acceptors (Lipinski definition) is 6. The van der Waals surface area contributed by atoms with E-state index in [-0.39, 0.29) is 6.61 Å². The second kappa shape index (κ2) is 7.95. The molecular weight excluding hydrogens is 336 g/mol. The summed E-state index contributed by atoms with van der Waals surface area (Å²) < 4.78 is 9.77. The third-order valence-electron chi connectivity index (χ3n) is 4.22. The fraction of sp³-hybridized carbons (Fsp3) is 0.368. The van der Waals surface area contributed by atoms with Crippen LogP contribution in [0.1, 0.15) is 41.4 Å². The molecule has 2 amide bonds. The Labute approximate surface area is 150 Å². The first-order valence-corrected chi connectivity index (χ1v) is 8.64. The number of hydrogen-bond donors (Lipinski definition) is 1. The normalized spacial score (nSPS) is 13.0. The van der Waals surface area contributed by atoms with Gasteiger partial charge in [0, 0.05) is 11.1 Å². The van der Waals surface area contributed by atoms with E-state index in [4.69, 9.17) is 4.74 Å². The third kappa shape index (κ3) is 3.82. The predicted octanol–water partition coefficient (Wildman–Crippen LogP) is 2.54. The smallest absolute Gasteiger partial charge is 0.413 e. The lowest BCUT2D eigenvalue weighted by atomic mass is 9.90. The monoisotopic (exact) mass is 356 g/mol. The molecule has 1 aromatic heterocycles. The van der Waals surface area contributed by atoms with Gasteiger partial charge >= 0.3 is 12.1 Å². The minimum Gasteiger partial charge on any atom is -0.452 e. The first-order valence-electron chi connectivity index (χ1n) is 8.64. The molecule has 136 valence electrons. The molecule has 7 heteroatoms. The van der Waals surface area contributed by atoms with Crippen LogP contribution in [-0.4, -0.2) is 36.2 Å². The molecule has 1 heterocycles. The molecule has 2 aromatic rings. The quantitative estimate of drug-likeness (QED) is 0.846. The van der Waals surface area contributed by atoms with E-state index in [1.54, 1.807) is 6.92 Å². The number of fused-ring (bicyclic) bond motifs is 2. The number of benzene rings is 1. The lowest BCUT2D eigenvalue weighted by Gasteiger charge is -2.19. The Kier molecular flexibility index (Phi) is 5.46. The van der Waals surface area contributed by atoms with Crippen LogP contribution in [0.4, 0.5) is 4.79 Å². The van der Waals surface area contributed by atoms with E-state index >= 15 is 0 Å². The summed E-state index contributed by atoms with van der Waals surface area (Å²) in [5.41, 5.74) is 3.01. The number of rotatable bonds is 4. The number of nitrogens with zero attached hydrogens (tertiary/aromatic N) is 1. The lowest BCUT2D eigenvalue weighted by Crippen LogP contribution is -2.34. The van der Waals surface area contributed by atoms with Crippen LogP contribution in [0.2, 0.25) is 0 Å². The molecule has 0 radical (unpaired) electrons. The molecule has 26 heavy (non-hydrogen) atoms. The van der Waals surface area contributed by atoms with Gasteiger partial charge in [-0.2, -0.15) is 0 Å². The van der Waals surface area contributed by atoms with Gasteiger partial charge in [0.1, 0.15) is 0 Å². The van der Waals surface area contributed by atoms with Crippen LogP contribution in [0.15, 0.2) is 24.3 Å². The van der Waals surface area contributed by atoms with E-state index in [1.807, 2.05) is 29.6 Å². The highest BCUT2D eigenvalue weighted by atomic mass is 16.6. The average Bonchev–Trinajstić information content (AvgIpc) is 2.64. The molecule has 0 aliphatic heterocycles. The molecule has 1 aromatic carbocycles. The van der Waals surface area contributed by atoms with E-state index < -0.39 is 24.6 Å². The van der Waals surface area contributed by atoms with E-state index in [1.165, 1.54) is 0 Å². The van der Waals surface area contributed by atoms with Crippen molar-refractivity contribution in [1.29, 1.82) is 0 Å². The van der Waals surface area contributed by atoms with Crippen LogP contribution < -0.4 is 5.32 Å². The maximum absolute atomic E-state index is 12.7. The molecule has 0 saturated heterocycles. The minimum atomic E-state index is -0.861. The number of carbonyl (C=O) groups excluding carboxylic acids is 3. The van der Waals surface area contributed by atoms with Crippen LogP contribution in [-0.2, 0) is 27.1 Å². The van der Waals surface area contributed by atoms with Gasteiger partial charge in [-0.15, -0.1) is 0 Å². The molecule has 0 saturated carbocycles. The van der Waals surface area contributed by atoms with E-state index in [0.717, 1.165) is 42.5 Å². The van der Waals surface area contributed by atoms with Crippen molar-refractivity contribution in [3.05, 3.63) is 41.1 Å². The Bertz CT molecular complexity index is 862. The van der Waals surface area contributed by atoms with Gasteiger partial charge in [0.2, 0.25) is 0 Å². The van der Waals surface area contributed by atoms with Gasteiger partial charge in [-0.1, -0.05) is 18.2 Å². The Morgan fingerprint density at radius 2 is 1.88 bits per heavy atom. The van der Waals surface area contributed by atoms with Crippen molar-refractivity contribution in [2.75, 3.05) is 13.2 Å². The first kappa shape index (κ1) is 17.8. The maximum Gasteiger partial charge on any atom is 0.413 e. The topological polar surface area (TPSA) is 94.6 Å². The molecule has 0 bridgehead atoms. The van der Waals surface area contributed by atoms with Crippen LogP contribution in [0.5, 0.6) is 0 Å². The van der Waals surface area contributed by atoms with Crippen molar-refractivity contribution in [3.63, 3.8) is 0 Å². The predicted molar refractivity (Wildman–Crippen MR) is 93.8 cm³/mol. The summed E-state index contributed by atoms with van der Waals surface area (Å²) in [6, 6.07) is 7.39. The van der Waals surface area contributed by atoms with Crippen LogP contribution in [0.3, 0.4) is 0 Å². The Balaban J connectivity index is 1.81. The first-order chi connectivity index (χ1) is 12.6. The molecule has 3 rings (SSSR count). The number of ether oxygens (including phenoxy) is 2. The molecule has 7 nitrogen and oxygen atoms in total. The Morgan fingerprint density at radius 3 is 2.69 bits per heavy atom. The fourth-order valence-electron chi connectivity index (χ4n) is 3.13. The van der Waals surface area contributed by atoms with Gasteiger partial charge in [0.25, 0.3) is 5.91 Å². The average molecular weight is 356 g/mol. The summed E-state index contributed by atoms with van der Waals surface area (Å²) in [5.74, 6) is -1.32. The van der Waals surface area contributed by atoms with E-state index in [0.29, 0.717) is 10.9 Å². The van der Waals surface area contributed by atoms with Crippen molar-refractivity contribution in [2.45, 2.75) is 32.6 Å². The molecule has 0 spiro atoms. The molecule has 1 aliphatic rings. The minimum absolute atomic E-state index is 0.147. The maximum atomic E-state index is 12.7. The van der Waals surface area contributed by atoms with Gasteiger partial charge in [-0.25, -0.2) is 9.59 Å². The molecule has 0 atom stereocenters. The van der Waals surface area contributed by atoms with Crippen molar-refractivity contribution >= 4 is 28.9 Å². The highest BCUT2D eigenvalue weighted by molar-refractivity contribution is 6.06. The number of aryl methyl sites for hydroxylation is 1. The zero-order valence-corrected chi connectivity index (χ0v) is 14.5. The second-order valence-corrected chi connectivity index (χ2v) is 5.98. The largest absolute Gasteiger partial charge is 0.452 e. The summed E-state index contributed by atoms with van der Waals surface area (Å²) in [7, 11) is 0. The fourth-order valence-corrected chi connectivity index (χ4v) is 3.13. The summed E-state index contributed by atoms with van der Waals surface area (Å²) in [6.45, 7) is 1.22. The highest BCUT2D eigenvalue weighted by Gasteiger charge is 2.24. The SMILES string of the molecule is CCOC(=O)NC(=O)COC(=O)c1c2c(nc3ccccc13)CCCC2. The third-order valence-corrected chi connectivity index (χ3v) is 4.22. The second-order valence-electron chi connectivity index (χ2n) is 5.98. The van der Waals surface area contributed by atoms with Crippen molar-refractivity contribution in [1.82, 2.24) is 10.3 Å². The molecule has 1 N–H and O–H groups in total. The van der Waals surface area contributed by atoms with Crippen molar-refractivity contribution in [3.8, 4) is 0 Å². The molecule has 1 aliphatic carbocycles. The van der Waals surface area contributed by atoms with Gasteiger partial charge in [0.05, 0.1) is 17.7 Å². The molecule has 0 unspecified atom stereocenters. The number of pyridine rings is 1. The Hall–Kier alpha value is -2.96. The molecule has 0 fully saturated rings. The number of aromatic nitrogens is 1. The number of imide groups is 1.